The van der Waals surface area contributed by atoms with E-state index in [0.717, 1.165) is 0 Å². The van der Waals surface area contributed by atoms with Crippen LogP contribution in [0.4, 0.5) is 5.69 Å². The molecule has 1 aromatic heterocycles. The topological polar surface area (TPSA) is 73.3 Å². The lowest BCUT2D eigenvalue weighted by atomic mass is 10.6. The summed E-state index contributed by atoms with van der Waals surface area (Å²) in [5, 5.41) is 12.3. The van der Waals surface area contributed by atoms with Gasteiger partial charge in [-0.1, -0.05) is 0 Å². The molecule has 0 radical (unpaired) electrons. The molecule has 0 saturated carbocycles. The molecule has 0 aliphatic rings. The highest BCUT2D eigenvalue weighted by Gasteiger charge is 2.03. The Kier molecular flexibility index (Phi) is 2.32. The van der Waals surface area contributed by atoms with Crippen LogP contribution in [-0.4, -0.2) is 28.1 Å². The number of nitrogens with zero attached hydrogens (tertiary/aromatic N) is 2. The maximum atomic E-state index is 8.42. The molecular formula is C6H11N3O2. The molecule has 0 atom stereocenters. The van der Waals surface area contributed by atoms with Crippen LogP contribution in [0.25, 0.3) is 0 Å². The number of aliphatic hydroxyl groups is 1. The van der Waals surface area contributed by atoms with Gasteiger partial charge in [0.2, 0.25) is 0 Å². The van der Waals surface area contributed by atoms with E-state index in [-0.39, 0.29) is 13.2 Å². The van der Waals surface area contributed by atoms with E-state index in [9.17, 15) is 0 Å². The molecule has 1 rings (SSSR count). The summed E-state index contributed by atoms with van der Waals surface area (Å²) in [6, 6.07) is 0. The van der Waals surface area contributed by atoms with Gasteiger partial charge >= 0.3 is 0 Å². The molecule has 0 aliphatic heterocycles. The van der Waals surface area contributed by atoms with Crippen LogP contribution in [0.2, 0.25) is 0 Å². The van der Waals surface area contributed by atoms with Crippen molar-refractivity contribution in [3.8, 4) is 5.88 Å². The van der Waals surface area contributed by atoms with Crippen molar-refractivity contribution >= 4 is 5.69 Å². The van der Waals surface area contributed by atoms with Crippen molar-refractivity contribution < 1.29 is 9.84 Å². The van der Waals surface area contributed by atoms with Crippen molar-refractivity contribution in [1.29, 1.82) is 0 Å². The normalized spacial score (nSPS) is 10.0. The monoisotopic (exact) mass is 157 g/mol. The number of aromatic nitrogens is 2. The Morgan fingerprint density at radius 2 is 2.55 bits per heavy atom. The molecule has 5 heteroatoms. The van der Waals surface area contributed by atoms with Crippen molar-refractivity contribution in [2.24, 2.45) is 7.05 Å². The molecule has 0 saturated heterocycles. The predicted molar refractivity (Wildman–Crippen MR) is 40.2 cm³/mol. The lowest BCUT2D eigenvalue weighted by molar-refractivity contribution is 0.196. The van der Waals surface area contributed by atoms with Crippen LogP contribution < -0.4 is 10.5 Å². The fraction of sp³-hybridized carbons (Fsp3) is 0.500. The number of aliphatic hydroxyl groups excluding tert-OH is 1. The Morgan fingerprint density at radius 3 is 3.00 bits per heavy atom. The van der Waals surface area contributed by atoms with E-state index < -0.39 is 0 Å². The highest BCUT2D eigenvalue weighted by molar-refractivity contribution is 5.45. The zero-order chi connectivity index (χ0) is 8.27. The van der Waals surface area contributed by atoms with Crippen molar-refractivity contribution in [3.05, 3.63) is 6.20 Å². The number of rotatable bonds is 3. The second-order valence-electron chi connectivity index (χ2n) is 2.14. The first kappa shape index (κ1) is 7.87. The van der Waals surface area contributed by atoms with E-state index in [1.807, 2.05) is 0 Å². The molecule has 3 N–H and O–H groups in total. The van der Waals surface area contributed by atoms with Crippen molar-refractivity contribution in [3.63, 3.8) is 0 Å². The van der Waals surface area contributed by atoms with Crippen molar-refractivity contribution in [2.45, 2.75) is 0 Å². The fourth-order valence-corrected chi connectivity index (χ4v) is 0.741. The molecule has 0 spiro atoms. The average Bonchev–Trinajstić information content (AvgIpc) is 2.26. The Morgan fingerprint density at radius 1 is 1.82 bits per heavy atom. The molecule has 0 amide bonds. The number of nitrogens with two attached hydrogens (primary N) is 1. The first-order valence-corrected chi connectivity index (χ1v) is 3.27. The van der Waals surface area contributed by atoms with E-state index in [4.69, 9.17) is 15.6 Å². The van der Waals surface area contributed by atoms with Gasteiger partial charge in [0.25, 0.3) is 5.88 Å². The summed E-state index contributed by atoms with van der Waals surface area (Å²) in [5.41, 5.74) is 5.98. The van der Waals surface area contributed by atoms with Crippen LogP contribution >= 0.6 is 0 Å². The van der Waals surface area contributed by atoms with Crippen molar-refractivity contribution in [2.75, 3.05) is 18.9 Å². The van der Waals surface area contributed by atoms with E-state index in [1.165, 1.54) is 0 Å². The zero-order valence-corrected chi connectivity index (χ0v) is 6.32. The van der Waals surface area contributed by atoms with Crippen LogP contribution in [0.5, 0.6) is 5.88 Å². The molecule has 0 fully saturated rings. The van der Waals surface area contributed by atoms with Gasteiger partial charge < -0.3 is 15.6 Å². The molecular weight excluding hydrogens is 146 g/mol. The summed E-state index contributed by atoms with van der Waals surface area (Å²) in [7, 11) is 1.75. The number of hydrogen-bond donors (Lipinski definition) is 2. The smallest absolute Gasteiger partial charge is 0.256 e. The van der Waals surface area contributed by atoms with Gasteiger partial charge in [-0.15, -0.1) is 5.10 Å². The molecule has 0 aliphatic carbocycles. The largest absolute Gasteiger partial charge is 0.473 e. The minimum atomic E-state index is -0.0317. The summed E-state index contributed by atoms with van der Waals surface area (Å²) in [4.78, 5) is 0. The summed E-state index contributed by atoms with van der Waals surface area (Å²) in [6.07, 6.45) is 1.65. The van der Waals surface area contributed by atoms with Gasteiger partial charge in [-0.2, -0.15) is 0 Å². The number of ether oxygens (including phenoxy) is 1. The average molecular weight is 157 g/mol. The first-order chi connectivity index (χ1) is 5.24. The molecule has 1 heterocycles. The Hall–Kier alpha value is -1.23. The Balaban J connectivity index is 2.62. The van der Waals surface area contributed by atoms with Crippen LogP contribution in [0.15, 0.2) is 6.20 Å². The van der Waals surface area contributed by atoms with Crippen LogP contribution in [0.1, 0.15) is 0 Å². The summed E-state index contributed by atoms with van der Waals surface area (Å²) < 4.78 is 6.56. The minimum Gasteiger partial charge on any atom is -0.473 e. The zero-order valence-electron chi connectivity index (χ0n) is 6.32. The van der Waals surface area contributed by atoms with Crippen LogP contribution in [0, 0.1) is 0 Å². The predicted octanol–water partition coefficient (Wildman–Crippen LogP) is -0.627. The molecule has 0 aromatic carbocycles. The first-order valence-electron chi connectivity index (χ1n) is 3.27. The van der Waals surface area contributed by atoms with Gasteiger partial charge in [0.1, 0.15) is 12.3 Å². The van der Waals surface area contributed by atoms with Gasteiger partial charge in [0.05, 0.1) is 12.8 Å². The SMILES string of the molecule is Cn1cc(N)c(OCCO)n1. The molecule has 62 valence electrons. The molecule has 0 bridgehead atoms. The van der Waals surface area contributed by atoms with Gasteiger partial charge in [0, 0.05) is 7.05 Å². The van der Waals surface area contributed by atoms with E-state index in [2.05, 4.69) is 5.10 Å². The van der Waals surface area contributed by atoms with E-state index >= 15 is 0 Å². The maximum absolute atomic E-state index is 8.42. The summed E-state index contributed by atoms with van der Waals surface area (Å²) >= 11 is 0. The van der Waals surface area contributed by atoms with E-state index in [1.54, 1.807) is 17.9 Å². The van der Waals surface area contributed by atoms with E-state index in [0.29, 0.717) is 11.6 Å². The highest BCUT2D eigenvalue weighted by atomic mass is 16.5. The second kappa shape index (κ2) is 3.25. The van der Waals surface area contributed by atoms with Gasteiger partial charge in [-0.25, -0.2) is 0 Å². The summed E-state index contributed by atoms with van der Waals surface area (Å²) in [5.74, 6) is 0.376. The van der Waals surface area contributed by atoms with Gasteiger partial charge in [-0.3, -0.25) is 4.68 Å². The molecule has 5 nitrogen and oxygen atoms in total. The number of anilines is 1. The quantitative estimate of drug-likeness (QED) is 0.613. The fourth-order valence-electron chi connectivity index (χ4n) is 0.741. The Bertz CT molecular complexity index is 234. The molecule has 1 aromatic rings. The third kappa shape index (κ3) is 1.84. The van der Waals surface area contributed by atoms with Crippen LogP contribution in [0.3, 0.4) is 0 Å². The second-order valence-corrected chi connectivity index (χ2v) is 2.14. The number of hydrogen-bond acceptors (Lipinski definition) is 4. The van der Waals surface area contributed by atoms with Crippen LogP contribution in [-0.2, 0) is 7.05 Å². The van der Waals surface area contributed by atoms with Gasteiger partial charge in [-0.05, 0) is 0 Å². The summed E-state index contributed by atoms with van der Waals surface area (Å²) in [6.45, 7) is 0.192. The highest BCUT2D eigenvalue weighted by Crippen LogP contribution is 2.16. The third-order valence-electron chi connectivity index (χ3n) is 1.15. The lowest BCUT2D eigenvalue weighted by Crippen LogP contribution is -2.03. The minimum absolute atomic E-state index is 0.0317. The van der Waals surface area contributed by atoms with Crippen molar-refractivity contribution in [1.82, 2.24) is 9.78 Å². The third-order valence-corrected chi connectivity index (χ3v) is 1.15. The number of nitrogen functional groups attached to an aromatic ring is 1. The lowest BCUT2D eigenvalue weighted by Gasteiger charge is -1.98. The molecule has 11 heavy (non-hydrogen) atoms. The standard InChI is InChI=1S/C6H11N3O2/c1-9-4-5(7)6(8-9)11-3-2-10/h4,10H,2-3,7H2,1H3. The number of aryl methyl sites for hydroxylation is 1. The maximum Gasteiger partial charge on any atom is 0.256 e. The molecule has 0 unspecified atom stereocenters. The van der Waals surface area contributed by atoms with Gasteiger partial charge in [0.15, 0.2) is 0 Å². The Labute approximate surface area is 64.4 Å².